The van der Waals surface area contributed by atoms with E-state index in [4.69, 9.17) is 5.73 Å². The van der Waals surface area contributed by atoms with Crippen molar-refractivity contribution in [2.75, 3.05) is 18.0 Å². The summed E-state index contributed by atoms with van der Waals surface area (Å²) in [6.45, 7) is 4.44. The smallest absolute Gasteiger partial charge is 0.0366 e. The summed E-state index contributed by atoms with van der Waals surface area (Å²) in [5.74, 6) is 0. The molecule has 0 aliphatic carbocycles. The molecule has 0 radical (unpaired) electrons. The molecule has 0 amide bonds. The Morgan fingerprint density at radius 1 is 1.00 bits per heavy atom. The van der Waals surface area contributed by atoms with Crippen LogP contribution in [0, 0.1) is 0 Å². The molecule has 2 nitrogen and oxygen atoms in total. The highest BCUT2D eigenvalue weighted by Crippen LogP contribution is 2.21. The van der Waals surface area contributed by atoms with Gasteiger partial charge in [-0.25, -0.2) is 0 Å². The second kappa shape index (κ2) is 5.35. The normalized spacial score (nSPS) is 19.2. The van der Waals surface area contributed by atoms with Gasteiger partial charge in [-0.05, 0) is 37.5 Å². The van der Waals surface area contributed by atoms with Crippen LogP contribution in [0.3, 0.4) is 0 Å². The van der Waals surface area contributed by atoms with Gasteiger partial charge in [-0.15, -0.1) is 0 Å². The van der Waals surface area contributed by atoms with Crippen molar-refractivity contribution in [1.82, 2.24) is 0 Å². The van der Waals surface area contributed by atoms with Crippen LogP contribution in [0.1, 0.15) is 44.2 Å². The fourth-order valence-corrected chi connectivity index (χ4v) is 2.32. The van der Waals surface area contributed by atoms with E-state index in [0.29, 0.717) is 0 Å². The molecule has 1 aromatic rings. The van der Waals surface area contributed by atoms with E-state index < -0.39 is 0 Å². The third kappa shape index (κ3) is 2.76. The zero-order chi connectivity index (χ0) is 11.4. The SMILES string of the molecule is C[C@@H](N)c1ccc(N2CCCCCC2)cc1. The molecule has 0 aromatic heterocycles. The molecular formula is C14H22N2. The van der Waals surface area contributed by atoms with Crippen LogP contribution in [0.25, 0.3) is 0 Å². The van der Waals surface area contributed by atoms with E-state index in [2.05, 4.69) is 29.2 Å². The van der Waals surface area contributed by atoms with E-state index in [1.807, 2.05) is 6.92 Å². The van der Waals surface area contributed by atoms with Crippen molar-refractivity contribution >= 4 is 5.69 Å². The molecule has 1 saturated heterocycles. The van der Waals surface area contributed by atoms with E-state index in [0.717, 1.165) is 0 Å². The van der Waals surface area contributed by atoms with Gasteiger partial charge in [-0.3, -0.25) is 0 Å². The van der Waals surface area contributed by atoms with Gasteiger partial charge in [0, 0.05) is 24.8 Å². The quantitative estimate of drug-likeness (QED) is 0.826. The summed E-state index contributed by atoms with van der Waals surface area (Å²) in [4.78, 5) is 2.50. The van der Waals surface area contributed by atoms with Gasteiger partial charge in [0.05, 0.1) is 0 Å². The van der Waals surface area contributed by atoms with E-state index in [-0.39, 0.29) is 6.04 Å². The Morgan fingerprint density at radius 3 is 2.06 bits per heavy atom. The lowest BCUT2D eigenvalue weighted by atomic mass is 10.1. The molecule has 1 aliphatic heterocycles. The summed E-state index contributed by atoms with van der Waals surface area (Å²) in [5.41, 5.74) is 8.43. The zero-order valence-corrected chi connectivity index (χ0v) is 10.2. The van der Waals surface area contributed by atoms with Crippen molar-refractivity contribution in [2.45, 2.75) is 38.6 Å². The average molecular weight is 218 g/mol. The Hall–Kier alpha value is -1.02. The zero-order valence-electron chi connectivity index (χ0n) is 10.2. The van der Waals surface area contributed by atoms with E-state index in [1.165, 1.54) is 50.0 Å². The summed E-state index contributed by atoms with van der Waals surface area (Å²) in [7, 11) is 0. The predicted molar refractivity (Wildman–Crippen MR) is 69.7 cm³/mol. The first kappa shape index (κ1) is 11.5. The van der Waals surface area contributed by atoms with Crippen LogP contribution in [0.5, 0.6) is 0 Å². The van der Waals surface area contributed by atoms with Crippen LogP contribution in [-0.4, -0.2) is 13.1 Å². The van der Waals surface area contributed by atoms with Crippen molar-refractivity contribution < 1.29 is 0 Å². The van der Waals surface area contributed by atoms with Crippen LogP contribution < -0.4 is 10.6 Å². The topological polar surface area (TPSA) is 29.3 Å². The molecule has 0 spiro atoms. The number of nitrogens with zero attached hydrogens (tertiary/aromatic N) is 1. The first-order valence-corrected chi connectivity index (χ1v) is 6.38. The summed E-state index contributed by atoms with van der Waals surface area (Å²) < 4.78 is 0. The predicted octanol–water partition coefficient (Wildman–Crippen LogP) is 3.09. The summed E-state index contributed by atoms with van der Waals surface area (Å²) in [6, 6.07) is 8.88. The Labute approximate surface area is 98.4 Å². The van der Waals surface area contributed by atoms with Gasteiger partial charge in [0.25, 0.3) is 0 Å². The van der Waals surface area contributed by atoms with Gasteiger partial charge in [0.2, 0.25) is 0 Å². The molecule has 88 valence electrons. The lowest BCUT2D eigenvalue weighted by molar-refractivity contribution is 0.726. The number of hydrogen-bond acceptors (Lipinski definition) is 2. The summed E-state index contributed by atoms with van der Waals surface area (Å²) in [5, 5.41) is 0. The maximum Gasteiger partial charge on any atom is 0.0366 e. The van der Waals surface area contributed by atoms with E-state index >= 15 is 0 Å². The minimum absolute atomic E-state index is 0.137. The maximum atomic E-state index is 5.85. The highest BCUT2D eigenvalue weighted by Gasteiger charge is 2.09. The van der Waals surface area contributed by atoms with Crippen LogP contribution >= 0.6 is 0 Å². The van der Waals surface area contributed by atoms with Crippen LogP contribution in [0.15, 0.2) is 24.3 Å². The Kier molecular flexibility index (Phi) is 3.83. The van der Waals surface area contributed by atoms with Gasteiger partial charge in [-0.2, -0.15) is 0 Å². The molecule has 2 N–H and O–H groups in total. The molecular weight excluding hydrogens is 196 g/mol. The monoisotopic (exact) mass is 218 g/mol. The molecule has 1 heterocycles. The van der Waals surface area contributed by atoms with E-state index in [1.54, 1.807) is 0 Å². The fourth-order valence-electron chi connectivity index (χ4n) is 2.32. The van der Waals surface area contributed by atoms with Crippen molar-refractivity contribution in [3.63, 3.8) is 0 Å². The van der Waals surface area contributed by atoms with Crippen LogP contribution in [0.2, 0.25) is 0 Å². The number of benzene rings is 1. The van der Waals surface area contributed by atoms with Gasteiger partial charge in [0.1, 0.15) is 0 Å². The summed E-state index contributed by atoms with van der Waals surface area (Å²) >= 11 is 0. The van der Waals surface area contributed by atoms with Crippen molar-refractivity contribution in [3.8, 4) is 0 Å². The Balaban J connectivity index is 2.07. The standard InChI is InChI=1S/C14H22N2/c1-12(15)13-6-8-14(9-7-13)16-10-4-2-3-5-11-16/h6-9,12H,2-5,10-11,15H2,1H3/t12-/m1/s1. The van der Waals surface area contributed by atoms with Gasteiger partial charge < -0.3 is 10.6 Å². The van der Waals surface area contributed by atoms with Gasteiger partial charge in [-0.1, -0.05) is 25.0 Å². The molecule has 1 aliphatic rings. The van der Waals surface area contributed by atoms with Crippen LogP contribution in [-0.2, 0) is 0 Å². The van der Waals surface area contributed by atoms with Crippen molar-refractivity contribution in [2.24, 2.45) is 5.73 Å². The van der Waals surface area contributed by atoms with Gasteiger partial charge in [0.15, 0.2) is 0 Å². The van der Waals surface area contributed by atoms with Crippen LogP contribution in [0.4, 0.5) is 5.69 Å². The average Bonchev–Trinajstić information content (AvgIpc) is 2.57. The Morgan fingerprint density at radius 2 is 1.56 bits per heavy atom. The minimum atomic E-state index is 0.137. The number of nitrogens with two attached hydrogens (primary N) is 1. The van der Waals surface area contributed by atoms with Gasteiger partial charge >= 0.3 is 0 Å². The lowest BCUT2D eigenvalue weighted by Crippen LogP contribution is -2.23. The number of hydrogen-bond donors (Lipinski definition) is 1. The second-order valence-corrected chi connectivity index (χ2v) is 4.78. The van der Waals surface area contributed by atoms with Crippen molar-refractivity contribution in [3.05, 3.63) is 29.8 Å². The molecule has 0 saturated carbocycles. The molecule has 16 heavy (non-hydrogen) atoms. The van der Waals surface area contributed by atoms with Crippen molar-refractivity contribution in [1.29, 1.82) is 0 Å². The second-order valence-electron chi connectivity index (χ2n) is 4.78. The molecule has 1 atom stereocenters. The lowest BCUT2D eigenvalue weighted by Gasteiger charge is -2.23. The minimum Gasteiger partial charge on any atom is -0.372 e. The maximum absolute atomic E-state index is 5.85. The first-order valence-electron chi connectivity index (χ1n) is 6.38. The number of anilines is 1. The molecule has 2 rings (SSSR count). The molecule has 2 heteroatoms. The molecule has 0 bridgehead atoms. The Bertz CT molecular complexity index is 308. The fraction of sp³-hybridized carbons (Fsp3) is 0.571. The third-order valence-electron chi connectivity index (χ3n) is 3.39. The molecule has 1 fully saturated rings. The largest absolute Gasteiger partial charge is 0.372 e. The number of rotatable bonds is 2. The van der Waals surface area contributed by atoms with E-state index in [9.17, 15) is 0 Å². The summed E-state index contributed by atoms with van der Waals surface area (Å²) in [6.07, 6.45) is 5.42. The molecule has 0 unspecified atom stereocenters. The highest BCUT2D eigenvalue weighted by atomic mass is 15.1. The third-order valence-corrected chi connectivity index (χ3v) is 3.39. The first-order chi connectivity index (χ1) is 7.77. The molecule has 1 aromatic carbocycles. The highest BCUT2D eigenvalue weighted by molar-refractivity contribution is 5.48.